The number of fused-ring (bicyclic) bond motifs is 1. The van der Waals surface area contributed by atoms with Crippen LogP contribution in [-0.2, 0) is 0 Å². The highest BCUT2D eigenvalue weighted by atomic mass is 32.1. The molecule has 1 N–H and O–H groups in total. The summed E-state index contributed by atoms with van der Waals surface area (Å²) < 4.78 is 5.63. The van der Waals surface area contributed by atoms with Gasteiger partial charge in [0.25, 0.3) is 0 Å². The van der Waals surface area contributed by atoms with Crippen LogP contribution in [0.4, 0.5) is 0 Å². The highest BCUT2D eigenvalue weighted by Gasteiger charge is 2.07. The topological polar surface area (TPSA) is 25.0 Å². The van der Waals surface area contributed by atoms with E-state index < -0.39 is 0 Å². The highest BCUT2D eigenvalue weighted by molar-refractivity contribution is 7.08. The molecule has 0 unspecified atom stereocenters. The van der Waals surface area contributed by atoms with Crippen LogP contribution in [0.3, 0.4) is 0 Å². The molecule has 0 aliphatic rings. The van der Waals surface area contributed by atoms with E-state index in [1.165, 1.54) is 22.2 Å². The van der Waals surface area contributed by atoms with Gasteiger partial charge in [-0.2, -0.15) is 11.3 Å². The summed E-state index contributed by atoms with van der Waals surface area (Å²) in [6.45, 7) is 4.79. The largest absolute Gasteiger partial charge is 0.494 e. The van der Waals surface area contributed by atoms with Crippen molar-refractivity contribution < 1.29 is 4.74 Å². The van der Waals surface area contributed by atoms with Crippen LogP contribution in [0.15, 0.2) is 35.0 Å². The summed E-state index contributed by atoms with van der Waals surface area (Å²) in [6.07, 6.45) is 0. The van der Waals surface area contributed by atoms with Crippen LogP contribution in [0.1, 0.15) is 12.5 Å². The Hall–Kier alpha value is -1.74. The third-order valence-corrected chi connectivity index (χ3v) is 3.73. The molecule has 2 nitrogen and oxygen atoms in total. The van der Waals surface area contributed by atoms with Crippen LogP contribution >= 0.6 is 11.3 Å². The van der Waals surface area contributed by atoms with E-state index in [4.69, 9.17) is 4.74 Å². The van der Waals surface area contributed by atoms with Gasteiger partial charge in [-0.15, -0.1) is 0 Å². The fourth-order valence-corrected chi connectivity index (χ4v) is 2.81. The predicted octanol–water partition coefficient (Wildman–Crippen LogP) is 4.60. The molecule has 0 radical (unpaired) electrons. The van der Waals surface area contributed by atoms with Crippen molar-refractivity contribution in [2.45, 2.75) is 13.8 Å². The van der Waals surface area contributed by atoms with Crippen molar-refractivity contribution >= 4 is 22.2 Å². The molecule has 0 fully saturated rings. The van der Waals surface area contributed by atoms with E-state index in [1.807, 2.05) is 6.92 Å². The molecule has 0 saturated heterocycles. The fourth-order valence-electron chi connectivity index (χ4n) is 2.16. The Morgan fingerprint density at radius 3 is 2.89 bits per heavy atom. The van der Waals surface area contributed by atoms with E-state index in [0.717, 1.165) is 11.3 Å². The SMILES string of the molecule is CCOc1cc2[nH]c(-c3ccsc3)cc2cc1C. The Kier molecular flexibility index (Phi) is 2.84. The first kappa shape index (κ1) is 11.4. The van der Waals surface area contributed by atoms with Crippen LogP contribution in [-0.4, -0.2) is 11.6 Å². The molecular weight excluding hydrogens is 242 g/mol. The molecule has 0 amide bonds. The molecule has 3 aromatic rings. The predicted molar refractivity (Wildman–Crippen MR) is 77.5 cm³/mol. The number of aryl methyl sites for hydroxylation is 1. The monoisotopic (exact) mass is 257 g/mol. The Morgan fingerprint density at radius 1 is 1.28 bits per heavy atom. The number of H-pyrrole nitrogens is 1. The molecule has 0 spiro atoms. The molecule has 0 atom stereocenters. The van der Waals surface area contributed by atoms with Gasteiger partial charge in [-0.3, -0.25) is 0 Å². The van der Waals surface area contributed by atoms with Gasteiger partial charge in [-0.25, -0.2) is 0 Å². The third-order valence-electron chi connectivity index (χ3n) is 3.05. The number of thiophene rings is 1. The van der Waals surface area contributed by atoms with Crippen molar-refractivity contribution in [3.05, 3.63) is 40.6 Å². The minimum absolute atomic E-state index is 0.699. The van der Waals surface area contributed by atoms with Gasteiger partial charge in [0.2, 0.25) is 0 Å². The lowest BCUT2D eigenvalue weighted by atomic mass is 10.1. The van der Waals surface area contributed by atoms with Gasteiger partial charge < -0.3 is 9.72 Å². The Morgan fingerprint density at radius 2 is 2.17 bits per heavy atom. The molecule has 18 heavy (non-hydrogen) atoms. The van der Waals surface area contributed by atoms with Crippen molar-refractivity contribution in [3.8, 4) is 17.0 Å². The summed E-state index contributed by atoms with van der Waals surface area (Å²) in [6, 6.07) is 8.59. The fraction of sp³-hybridized carbons (Fsp3) is 0.200. The molecule has 2 aromatic heterocycles. The lowest BCUT2D eigenvalue weighted by Gasteiger charge is -2.06. The van der Waals surface area contributed by atoms with Crippen LogP contribution < -0.4 is 4.74 Å². The number of rotatable bonds is 3. The first-order chi connectivity index (χ1) is 8.78. The van der Waals surface area contributed by atoms with E-state index in [1.54, 1.807) is 11.3 Å². The van der Waals surface area contributed by atoms with E-state index in [9.17, 15) is 0 Å². The Labute approximate surface area is 110 Å². The molecule has 1 aromatic carbocycles. The smallest absolute Gasteiger partial charge is 0.124 e. The van der Waals surface area contributed by atoms with Gasteiger partial charge in [-0.1, -0.05) is 0 Å². The first-order valence-corrected chi connectivity index (χ1v) is 7.01. The Bertz CT molecular complexity index is 667. The molecule has 3 rings (SSSR count). The van der Waals surface area contributed by atoms with Crippen LogP contribution in [0.25, 0.3) is 22.2 Å². The first-order valence-electron chi connectivity index (χ1n) is 6.06. The van der Waals surface area contributed by atoms with Gasteiger partial charge in [0, 0.05) is 33.6 Å². The standard InChI is InChI=1S/C15H15NOS/c1-3-17-15-8-14-12(6-10(15)2)7-13(16-14)11-4-5-18-9-11/h4-9,16H,3H2,1-2H3. The maximum Gasteiger partial charge on any atom is 0.124 e. The lowest BCUT2D eigenvalue weighted by molar-refractivity contribution is 0.338. The van der Waals surface area contributed by atoms with Crippen molar-refractivity contribution in [3.63, 3.8) is 0 Å². The van der Waals surface area contributed by atoms with E-state index in [0.29, 0.717) is 6.61 Å². The number of aromatic amines is 1. The zero-order valence-electron chi connectivity index (χ0n) is 10.5. The van der Waals surface area contributed by atoms with Crippen molar-refractivity contribution in [1.82, 2.24) is 4.98 Å². The summed E-state index contributed by atoms with van der Waals surface area (Å²) in [5.74, 6) is 0.962. The van der Waals surface area contributed by atoms with Gasteiger partial charge in [0.15, 0.2) is 0 Å². The number of benzene rings is 1. The lowest BCUT2D eigenvalue weighted by Crippen LogP contribution is -1.93. The van der Waals surface area contributed by atoms with Gasteiger partial charge in [0.1, 0.15) is 5.75 Å². The number of hydrogen-bond acceptors (Lipinski definition) is 2. The number of aromatic nitrogens is 1. The minimum atomic E-state index is 0.699. The zero-order valence-corrected chi connectivity index (χ0v) is 11.3. The molecule has 0 aliphatic carbocycles. The van der Waals surface area contributed by atoms with Crippen LogP contribution in [0, 0.1) is 6.92 Å². The molecule has 3 heteroatoms. The maximum atomic E-state index is 5.63. The van der Waals surface area contributed by atoms with Gasteiger partial charge in [0.05, 0.1) is 6.61 Å². The van der Waals surface area contributed by atoms with E-state index >= 15 is 0 Å². The van der Waals surface area contributed by atoms with Crippen molar-refractivity contribution in [1.29, 1.82) is 0 Å². The minimum Gasteiger partial charge on any atom is -0.494 e. The second-order valence-electron chi connectivity index (χ2n) is 4.33. The second-order valence-corrected chi connectivity index (χ2v) is 5.11. The molecule has 92 valence electrons. The molecule has 0 saturated carbocycles. The number of hydrogen-bond donors (Lipinski definition) is 1. The summed E-state index contributed by atoms with van der Waals surface area (Å²) in [5, 5.41) is 5.48. The van der Waals surface area contributed by atoms with Crippen molar-refractivity contribution in [2.24, 2.45) is 0 Å². The molecule has 2 heterocycles. The van der Waals surface area contributed by atoms with Crippen LogP contribution in [0.5, 0.6) is 5.75 Å². The number of ether oxygens (including phenoxy) is 1. The van der Waals surface area contributed by atoms with Gasteiger partial charge in [-0.05, 0) is 43.0 Å². The quantitative estimate of drug-likeness (QED) is 0.728. The second kappa shape index (κ2) is 4.50. The van der Waals surface area contributed by atoms with E-state index in [-0.39, 0.29) is 0 Å². The average molecular weight is 257 g/mol. The number of nitrogens with one attached hydrogen (secondary N) is 1. The van der Waals surface area contributed by atoms with Crippen LogP contribution in [0.2, 0.25) is 0 Å². The molecular formula is C15H15NOS. The summed E-state index contributed by atoms with van der Waals surface area (Å²) in [7, 11) is 0. The average Bonchev–Trinajstić information content (AvgIpc) is 2.97. The maximum absolute atomic E-state index is 5.63. The molecule has 0 bridgehead atoms. The van der Waals surface area contributed by atoms with Crippen molar-refractivity contribution in [2.75, 3.05) is 6.61 Å². The highest BCUT2D eigenvalue weighted by Crippen LogP contribution is 2.30. The zero-order chi connectivity index (χ0) is 12.5. The Balaban J connectivity index is 2.12. The normalized spacial score (nSPS) is 11.0. The summed E-state index contributed by atoms with van der Waals surface area (Å²) in [5.41, 5.74) is 4.72. The summed E-state index contributed by atoms with van der Waals surface area (Å²) in [4.78, 5) is 3.45. The van der Waals surface area contributed by atoms with Gasteiger partial charge >= 0.3 is 0 Å². The third kappa shape index (κ3) is 1.91. The summed E-state index contributed by atoms with van der Waals surface area (Å²) >= 11 is 1.71. The van der Waals surface area contributed by atoms with E-state index in [2.05, 4.69) is 46.9 Å². The molecule has 0 aliphatic heterocycles.